The minimum Gasteiger partial charge on any atom is -0.508 e. The fourth-order valence-electron chi connectivity index (χ4n) is 5.85. The summed E-state index contributed by atoms with van der Waals surface area (Å²) < 4.78 is 6.29. The Bertz CT molecular complexity index is 673. The Morgan fingerprint density at radius 1 is 1.38 bits per heavy atom. The van der Waals surface area contributed by atoms with Crippen LogP contribution in [-0.2, 0) is 21.4 Å². The van der Waals surface area contributed by atoms with E-state index in [1.807, 2.05) is 12.1 Å². The summed E-state index contributed by atoms with van der Waals surface area (Å²) in [6, 6.07) is 6.48. The summed E-state index contributed by atoms with van der Waals surface area (Å²) in [7, 11) is 2.26. The largest absolute Gasteiger partial charge is 0.508 e. The van der Waals surface area contributed by atoms with Crippen LogP contribution < -0.4 is 0 Å². The molecule has 1 N–H and O–H groups in total. The fourth-order valence-corrected chi connectivity index (χ4v) is 5.85. The Hall–Kier alpha value is -1.55. The number of likely N-dealkylation sites (N-methyl/N-ethyl adjacent to an activating group) is 1. The van der Waals surface area contributed by atoms with E-state index in [1.54, 1.807) is 0 Å². The topological polar surface area (TPSA) is 46.5 Å². The summed E-state index contributed by atoms with van der Waals surface area (Å²) in [5.41, 5.74) is 3.02. The van der Waals surface area contributed by atoms with Crippen LogP contribution in [0.1, 0.15) is 50.2 Å². The first-order valence-electron chi connectivity index (χ1n) is 9.25. The second kappa shape index (κ2) is 5.48. The van der Waals surface area contributed by atoms with Gasteiger partial charge in [0.05, 0.1) is 19.6 Å². The SMILES string of the molecule is CC(=O)OC[N+]1(C)CC[C@]23CCCC[C@H]2[C@H]1Cc1ccc(O)cc13. The Morgan fingerprint density at radius 2 is 2.21 bits per heavy atom. The quantitative estimate of drug-likeness (QED) is 0.669. The van der Waals surface area contributed by atoms with Crippen molar-refractivity contribution in [1.82, 2.24) is 0 Å². The summed E-state index contributed by atoms with van der Waals surface area (Å²) >= 11 is 0. The van der Waals surface area contributed by atoms with Gasteiger partial charge in [0.2, 0.25) is 6.73 Å². The number of likely N-dealkylation sites (tertiary alicyclic amines) is 1. The highest BCUT2D eigenvalue weighted by atomic mass is 16.5. The van der Waals surface area contributed by atoms with Crippen LogP contribution in [0.15, 0.2) is 18.2 Å². The van der Waals surface area contributed by atoms with Gasteiger partial charge in [0.1, 0.15) is 5.75 Å². The number of rotatable bonds is 2. The molecule has 1 heterocycles. The van der Waals surface area contributed by atoms with Gasteiger partial charge in [-0.05, 0) is 36.1 Å². The van der Waals surface area contributed by atoms with Crippen molar-refractivity contribution in [2.24, 2.45) is 5.92 Å². The number of carbonyl (C=O) groups excluding carboxylic acids is 1. The molecule has 2 bridgehead atoms. The normalized spacial score (nSPS) is 37.2. The Morgan fingerprint density at radius 3 is 3.00 bits per heavy atom. The first-order chi connectivity index (χ1) is 11.4. The molecule has 0 amide bonds. The van der Waals surface area contributed by atoms with Crippen molar-refractivity contribution in [1.29, 1.82) is 0 Å². The van der Waals surface area contributed by atoms with E-state index < -0.39 is 0 Å². The number of aromatic hydroxyl groups is 1. The predicted molar refractivity (Wildman–Crippen MR) is 91.5 cm³/mol. The van der Waals surface area contributed by atoms with Gasteiger partial charge in [-0.2, -0.15) is 0 Å². The molecule has 1 aliphatic heterocycles. The molecule has 0 radical (unpaired) electrons. The zero-order valence-corrected chi connectivity index (χ0v) is 14.8. The highest BCUT2D eigenvalue weighted by Crippen LogP contribution is 2.57. The Labute approximate surface area is 144 Å². The second-order valence-electron chi connectivity index (χ2n) is 8.34. The first kappa shape index (κ1) is 15.9. The zero-order chi connectivity index (χ0) is 16.9. The van der Waals surface area contributed by atoms with Gasteiger partial charge in [-0.15, -0.1) is 0 Å². The molecule has 2 aliphatic carbocycles. The zero-order valence-electron chi connectivity index (χ0n) is 14.8. The van der Waals surface area contributed by atoms with Crippen molar-refractivity contribution in [2.75, 3.05) is 20.3 Å². The monoisotopic (exact) mass is 330 g/mol. The van der Waals surface area contributed by atoms with E-state index in [4.69, 9.17) is 4.74 Å². The van der Waals surface area contributed by atoms with Crippen LogP contribution in [0.5, 0.6) is 5.75 Å². The van der Waals surface area contributed by atoms with Crippen LogP contribution in [-0.4, -0.2) is 41.9 Å². The van der Waals surface area contributed by atoms with E-state index in [-0.39, 0.29) is 11.4 Å². The van der Waals surface area contributed by atoms with Crippen molar-refractivity contribution in [3.05, 3.63) is 29.3 Å². The lowest BCUT2D eigenvalue weighted by molar-refractivity contribution is -0.959. The van der Waals surface area contributed by atoms with E-state index >= 15 is 0 Å². The molecular weight excluding hydrogens is 302 g/mol. The van der Waals surface area contributed by atoms with Gasteiger partial charge < -0.3 is 9.84 Å². The highest BCUT2D eigenvalue weighted by molar-refractivity contribution is 5.65. The van der Waals surface area contributed by atoms with E-state index in [2.05, 4.69) is 13.1 Å². The molecule has 130 valence electrons. The minimum absolute atomic E-state index is 0.184. The summed E-state index contributed by atoms with van der Waals surface area (Å²) in [6.07, 6.45) is 7.23. The van der Waals surface area contributed by atoms with Gasteiger partial charge in [0.15, 0.2) is 0 Å². The third-order valence-electron chi connectivity index (χ3n) is 7.05. The average molecular weight is 330 g/mol. The summed E-state index contributed by atoms with van der Waals surface area (Å²) in [6.45, 7) is 3.03. The molecule has 1 saturated carbocycles. The van der Waals surface area contributed by atoms with Crippen LogP contribution in [0.3, 0.4) is 0 Å². The number of phenols is 1. The molecular formula is C20H28NO3+. The van der Waals surface area contributed by atoms with Crippen LogP contribution >= 0.6 is 0 Å². The molecule has 4 rings (SSSR count). The van der Waals surface area contributed by atoms with E-state index in [0.717, 1.165) is 23.9 Å². The number of nitrogens with zero attached hydrogens (tertiary/aromatic N) is 1. The first-order valence-corrected chi connectivity index (χ1v) is 9.25. The number of ether oxygens (including phenoxy) is 1. The lowest BCUT2D eigenvalue weighted by Gasteiger charge is -2.60. The van der Waals surface area contributed by atoms with Gasteiger partial charge in [0.25, 0.3) is 0 Å². The molecule has 1 saturated heterocycles. The molecule has 1 aromatic rings. The van der Waals surface area contributed by atoms with Gasteiger partial charge in [-0.3, -0.25) is 9.28 Å². The lowest BCUT2D eigenvalue weighted by Crippen LogP contribution is -2.69. The van der Waals surface area contributed by atoms with Crippen molar-refractivity contribution < 1.29 is 19.1 Å². The van der Waals surface area contributed by atoms with Gasteiger partial charge in [-0.1, -0.05) is 18.9 Å². The number of benzene rings is 1. The highest BCUT2D eigenvalue weighted by Gasteiger charge is 2.59. The lowest BCUT2D eigenvalue weighted by atomic mass is 9.52. The van der Waals surface area contributed by atoms with Gasteiger partial charge in [-0.25, -0.2) is 0 Å². The molecule has 2 fully saturated rings. The standard InChI is InChI=1S/C20H27NO3/c1-14(22)24-13-21(2)10-9-20-8-4-3-5-17(20)19(21)11-15-6-7-16(23)12-18(15)20/h6-7,12,17,19H,3-5,8-11,13H2,1-2H3/p+1/t17-,19+,20+,21?/m0/s1. The summed E-state index contributed by atoms with van der Waals surface area (Å²) in [5.74, 6) is 0.847. The van der Waals surface area contributed by atoms with Crippen LogP contribution in [0.25, 0.3) is 0 Å². The van der Waals surface area contributed by atoms with Crippen molar-refractivity contribution in [2.45, 2.75) is 56.9 Å². The number of carbonyl (C=O) groups is 1. The third kappa shape index (κ3) is 2.26. The molecule has 24 heavy (non-hydrogen) atoms. The molecule has 4 atom stereocenters. The number of hydrogen-bond donors (Lipinski definition) is 1. The smallest absolute Gasteiger partial charge is 0.306 e. The number of piperidine rings is 1. The molecule has 4 nitrogen and oxygen atoms in total. The molecule has 1 aromatic carbocycles. The van der Waals surface area contributed by atoms with Crippen molar-refractivity contribution in [3.63, 3.8) is 0 Å². The predicted octanol–water partition coefficient (Wildman–Crippen LogP) is 3.12. The van der Waals surface area contributed by atoms with Crippen LogP contribution in [0.4, 0.5) is 0 Å². The van der Waals surface area contributed by atoms with Crippen LogP contribution in [0, 0.1) is 5.92 Å². The van der Waals surface area contributed by atoms with Gasteiger partial charge in [0, 0.05) is 31.1 Å². The maximum Gasteiger partial charge on any atom is 0.306 e. The molecule has 0 aromatic heterocycles. The van der Waals surface area contributed by atoms with E-state index in [9.17, 15) is 9.90 Å². The second-order valence-corrected chi connectivity index (χ2v) is 8.34. The average Bonchev–Trinajstić information content (AvgIpc) is 2.57. The number of phenolic OH excluding ortho intramolecular Hbond substituents is 1. The molecule has 0 spiro atoms. The maximum absolute atomic E-state index is 11.4. The van der Waals surface area contributed by atoms with Gasteiger partial charge >= 0.3 is 5.97 Å². The molecule has 4 heteroatoms. The van der Waals surface area contributed by atoms with Crippen molar-refractivity contribution >= 4 is 5.97 Å². The number of quaternary nitrogens is 1. The fraction of sp³-hybridized carbons (Fsp3) is 0.650. The number of fused-ring (bicyclic) bond motifs is 1. The Balaban J connectivity index is 1.77. The summed E-state index contributed by atoms with van der Waals surface area (Å²) in [5, 5.41) is 10.1. The number of esters is 1. The molecule has 3 aliphatic rings. The third-order valence-corrected chi connectivity index (χ3v) is 7.05. The van der Waals surface area contributed by atoms with Crippen molar-refractivity contribution in [3.8, 4) is 5.75 Å². The number of hydrogen-bond acceptors (Lipinski definition) is 3. The summed E-state index contributed by atoms with van der Waals surface area (Å²) in [4.78, 5) is 11.4. The minimum atomic E-state index is -0.184. The maximum atomic E-state index is 11.4. The van der Waals surface area contributed by atoms with E-state index in [0.29, 0.717) is 24.4 Å². The Kier molecular flexibility index (Phi) is 3.64. The van der Waals surface area contributed by atoms with Crippen LogP contribution in [0.2, 0.25) is 0 Å². The van der Waals surface area contributed by atoms with E-state index in [1.165, 1.54) is 43.7 Å². The molecule has 1 unspecified atom stereocenters.